The number of hydrogen-bond acceptors (Lipinski definition) is 3. The molecular weight excluding hydrogens is 236 g/mol. The maximum absolute atomic E-state index is 9.45. The largest absolute Gasteiger partial charge is 0.302 e. The van der Waals surface area contributed by atoms with Crippen LogP contribution in [-0.2, 0) is 6.54 Å². The van der Waals surface area contributed by atoms with Crippen molar-refractivity contribution in [2.24, 2.45) is 5.92 Å². The molecule has 1 N–H and O–H groups in total. The molecule has 0 bridgehead atoms. The van der Waals surface area contributed by atoms with Gasteiger partial charge < -0.3 is 5.32 Å². The van der Waals surface area contributed by atoms with Gasteiger partial charge >= 0.3 is 0 Å². The minimum absolute atomic E-state index is 0.314. The molecule has 1 aromatic rings. The number of aryl methyl sites for hydroxylation is 2. The van der Waals surface area contributed by atoms with Crippen LogP contribution in [0.1, 0.15) is 42.6 Å². The van der Waals surface area contributed by atoms with Crippen LogP contribution in [0.4, 0.5) is 0 Å². The molecule has 1 aliphatic rings. The van der Waals surface area contributed by atoms with Crippen molar-refractivity contribution >= 4 is 0 Å². The maximum Gasteiger partial charge on any atom is 0.109 e. The van der Waals surface area contributed by atoms with Gasteiger partial charge in [0.25, 0.3) is 0 Å². The number of rotatable bonds is 4. The fourth-order valence-electron chi connectivity index (χ4n) is 3.28. The summed E-state index contributed by atoms with van der Waals surface area (Å²) in [5.74, 6) is 0.437. The van der Waals surface area contributed by atoms with E-state index < -0.39 is 0 Å². The predicted octanol–water partition coefficient (Wildman–Crippen LogP) is 2.48. The average molecular weight is 260 g/mol. The van der Waals surface area contributed by atoms with E-state index in [4.69, 9.17) is 0 Å². The van der Waals surface area contributed by atoms with Gasteiger partial charge in [0, 0.05) is 12.2 Å². The molecule has 104 valence electrons. The molecular formula is C15H24N4. The number of nitrogens with zero attached hydrogens (tertiary/aromatic N) is 3. The highest BCUT2D eigenvalue weighted by molar-refractivity contribution is 5.22. The third-order valence-electron chi connectivity index (χ3n) is 4.90. The number of hydrogen-bond donors (Lipinski definition) is 1. The number of nitriles is 1. The van der Waals surface area contributed by atoms with Gasteiger partial charge in [0.2, 0.25) is 0 Å². The molecule has 1 heterocycles. The molecule has 1 saturated carbocycles. The summed E-state index contributed by atoms with van der Waals surface area (Å²) >= 11 is 0. The monoisotopic (exact) mass is 260 g/mol. The SMILES string of the molecule is CNC1(C#N)CCCC1CCn1nc(C)c(C)c1C. The summed E-state index contributed by atoms with van der Waals surface area (Å²) < 4.78 is 2.10. The van der Waals surface area contributed by atoms with Crippen LogP contribution < -0.4 is 5.32 Å². The molecule has 0 amide bonds. The van der Waals surface area contributed by atoms with Crippen LogP contribution in [0, 0.1) is 38.0 Å². The fourth-order valence-corrected chi connectivity index (χ4v) is 3.28. The van der Waals surface area contributed by atoms with Crippen molar-refractivity contribution in [3.63, 3.8) is 0 Å². The molecule has 1 aliphatic carbocycles. The first-order valence-electron chi connectivity index (χ1n) is 7.15. The minimum atomic E-state index is -0.314. The molecule has 4 heteroatoms. The van der Waals surface area contributed by atoms with Crippen LogP contribution >= 0.6 is 0 Å². The summed E-state index contributed by atoms with van der Waals surface area (Å²) in [4.78, 5) is 0. The van der Waals surface area contributed by atoms with Crippen molar-refractivity contribution in [1.82, 2.24) is 15.1 Å². The van der Waals surface area contributed by atoms with Gasteiger partial charge in [-0.3, -0.25) is 4.68 Å². The Balaban J connectivity index is 2.06. The van der Waals surface area contributed by atoms with Gasteiger partial charge in [-0.05, 0) is 58.6 Å². The van der Waals surface area contributed by atoms with Gasteiger partial charge in [-0.2, -0.15) is 10.4 Å². The van der Waals surface area contributed by atoms with E-state index in [2.05, 4.69) is 41.9 Å². The van der Waals surface area contributed by atoms with Crippen LogP contribution in [0.3, 0.4) is 0 Å². The van der Waals surface area contributed by atoms with Crippen LogP contribution in [0.15, 0.2) is 0 Å². The van der Waals surface area contributed by atoms with Crippen LogP contribution in [-0.4, -0.2) is 22.4 Å². The highest BCUT2D eigenvalue weighted by Crippen LogP contribution is 2.37. The lowest BCUT2D eigenvalue weighted by molar-refractivity contribution is 0.302. The van der Waals surface area contributed by atoms with E-state index >= 15 is 0 Å². The quantitative estimate of drug-likeness (QED) is 0.905. The lowest BCUT2D eigenvalue weighted by atomic mass is 9.86. The highest BCUT2D eigenvalue weighted by atomic mass is 15.3. The first-order chi connectivity index (χ1) is 9.04. The van der Waals surface area contributed by atoms with Gasteiger partial charge in [0.15, 0.2) is 0 Å². The Morgan fingerprint density at radius 1 is 1.47 bits per heavy atom. The summed E-state index contributed by atoms with van der Waals surface area (Å²) in [5.41, 5.74) is 3.34. The zero-order chi connectivity index (χ0) is 14.0. The molecule has 1 fully saturated rings. The van der Waals surface area contributed by atoms with Gasteiger partial charge in [0.05, 0.1) is 11.8 Å². The van der Waals surface area contributed by atoms with E-state index in [0.717, 1.165) is 37.9 Å². The van der Waals surface area contributed by atoms with E-state index in [1.165, 1.54) is 11.3 Å². The highest BCUT2D eigenvalue weighted by Gasteiger charge is 2.41. The molecule has 0 aliphatic heterocycles. The zero-order valence-corrected chi connectivity index (χ0v) is 12.5. The van der Waals surface area contributed by atoms with Gasteiger partial charge in [-0.15, -0.1) is 0 Å². The van der Waals surface area contributed by atoms with E-state index in [1.807, 2.05) is 7.05 Å². The van der Waals surface area contributed by atoms with Gasteiger partial charge in [0.1, 0.15) is 5.54 Å². The number of aromatic nitrogens is 2. The molecule has 0 spiro atoms. The number of nitrogens with one attached hydrogen (secondary N) is 1. The average Bonchev–Trinajstić information content (AvgIpc) is 2.94. The molecule has 2 unspecified atom stereocenters. The van der Waals surface area contributed by atoms with E-state index in [1.54, 1.807) is 0 Å². The van der Waals surface area contributed by atoms with Gasteiger partial charge in [-0.1, -0.05) is 6.42 Å². The standard InChI is InChI=1S/C15H24N4/c1-11-12(2)18-19(13(11)3)9-7-14-6-5-8-15(14,10-16)17-4/h14,17H,5-9H2,1-4H3. The lowest BCUT2D eigenvalue weighted by Crippen LogP contribution is -2.45. The molecule has 2 atom stereocenters. The first kappa shape index (κ1) is 14.1. The van der Waals surface area contributed by atoms with Crippen molar-refractivity contribution in [1.29, 1.82) is 5.26 Å². The Kier molecular flexibility index (Phi) is 3.96. The molecule has 0 saturated heterocycles. The molecule has 2 rings (SSSR count). The topological polar surface area (TPSA) is 53.6 Å². The first-order valence-corrected chi connectivity index (χ1v) is 7.15. The zero-order valence-electron chi connectivity index (χ0n) is 12.5. The van der Waals surface area contributed by atoms with Crippen LogP contribution in [0.2, 0.25) is 0 Å². The van der Waals surface area contributed by atoms with Crippen molar-refractivity contribution < 1.29 is 0 Å². The third kappa shape index (κ3) is 2.40. The Morgan fingerprint density at radius 2 is 2.21 bits per heavy atom. The molecule has 1 aromatic heterocycles. The Hall–Kier alpha value is -1.34. The second kappa shape index (κ2) is 5.34. The van der Waals surface area contributed by atoms with E-state index in [0.29, 0.717) is 5.92 Å². The predicted molar refractivity (Wildman–Crippen MR) is 75.8 cm³/mol. The van der Waals surface area contributed by atoms with Crippen molar-refractivity contribution in [3.8, 4) is 6.07 Å². The molecule has 0 aromatic carbocycles. The summed E-state index contributed by atoms with van der Waals surface area (Å²) in [7, 11) is 1.91. The second-order valence-corrected chi connectivity index (χ2v) is 5.73. The summed E-state index contributed by atoms with van der Waals surface area (Å²) in [5, 5.41) is 17.3. The van der Waals surface area contributed by atoms with Crippen LogP contribution in [0.5, 0.6) is 0 Å². The second-order valence-electron chi connectivity index (χ2n) is 5.73. The maximum atomic E-state index is 9.45. The summed E-state index contributed by atoms with van der Waals surface area (Å²) in [6, 6.07) is 2.50. The molecule has 19 heavy (non-hydrogen) atoms. The smallest absolute Gasteiger partial charge is 0.109 e. The normalized spacial score (nSPS) is 26.6. The Morgan fingerprint density at radius 3 is 2.74 bits per heavy atom. The van der Waals surface area contributed by atoms with Crippen molar-refractivity contribution in [2.45, 2.75) is 58.5 Å². The fraction of sp³-hybridized carbons (Fsp3) is 0.733. The van der Waals surface area contributed by atoms with E-state index in [-0.39, 0.29) is 5.54 Å². The molecule has 0 radical (unpaired) electrons. The summed E-state index contributed by atoms with van der Waals surface area (Å²) in [6.45, 7) is 7.22. The van der Waals surface area contributed by atoms with Crippen molar-refractivity contribution in [3.05, 3.63) is 17.0 Å². The Bertz CT molecular complexity index is 497. The van der Waals surface area contributed by atoms with E-state index in [9.17, 15) is 5.26 Å². The lowest BCUT2D eigenvalue weighted by Gasteiger charge is -2.28. The van der Waals surface area contributed by atoms with Crippen LogP contribution in [0.25, 0.3) is 0 Å². The third-order valence-corrected chi connectivity index (χ3v) is 4.90. The van der Waals surface area contributed by atoms with Crippen molar-refractivity contribution in [2.75, 3.05) is 7.05 Å². The molecule has 4 nitrogen and oxygen atoms in total. The minimum Gasteiger partial charge on any atom is -0.302 e. The van der Waals surface area contributed by atoms with Gasteiger partial charge in [-0.25, -0.2) is 0 Å². The summed E-state index contributed by atoms with van der Waals surface area (Å²) in [6.07, 6.45) is 4.29. The Labute approximate surface area is 115 Å².